The number of hydrogen-bond acceptors (Lipinski definition) is 3. The first-order valence-corrected chi connectivity index (χ1v) is 7.17. The van der Waals surface area contributed by atoms with Crippen molar-refractivity contribution in [2.75, 3.05) is 13.6 Å². The van der Waals surface area contributed by atoms with Crippen LogP contribution in [0.2, 0.25) is 0 Å². The number of hydrogen-bond donors (Lipinski definition) is 1. The summed E-state index contributed by atoms with van der Waals surface area (Å²) in [6.45, 7) is 8.15. The van der Waals surface area contributed by atoms with Gasteiger partial charge in [0.05, 0.1) is 11.8 Å². The van der Waals surface area contributed by atoms with Gasteiger partial charge in [0.2, 0.25) is 0 Å². The van der Waals surface area contributed by atoms with Crippen LogP contribution in [0, 0.1) is 18.3 Å². The molecule has 0 saturated heterocycles. The van der Waals surface area contributed by atoms with E-state index in [9.17, 15) is 5.11 Å². The van der Waals surface area contributed by atoms with E-state index in [0.29, 0.717) is 5.92 Å². The lowest BCUT2D eigenvalue weighted by atomic mass is 9.87. The predicted octanol–water partition coefficient (Wildman–Crippen LogP) is 2.62. The summed E-state index contributed by atoms with van der Waals surface area (Å²) in [6.07, 6.45) is 2.06. The van der Waals surface area contributed by atoms with E-state index in [4.69, 9.17) is 0 Å². The zero-order valence-electron chi connectivity index (χ0n) is 12.6. The van der Waals surface area contributed by atoms with Gasteiger partial charge in [-0.1, -0.05) is 19.9 Å². The molecule has 1 aliphatic rings. The molecule has 0 radical (unpaired) electrons. The molecule has 0 bridgehead atoms. The van der Waals surface area contributed by atoms with Crippen LogP contribution < -0.4 is 0 Å². The monoisotopic (exact) mass is 262 g/mol. The molecule has 0 aliphatic heterocycles. The highest BCUT2D eigenvalue weighted by atomic mass is 16.3. The van der Waals surface area contributed by atoms with Crippen LogP contribution in [0.5, 0.6) is 0 Å². The largest absolute Gasteiger partial charge is 0.392 e. The molecule has 0 amide bonds. The van der Waals surface area contributed by atoms with Gasteiger partial charge in [0.1, 0.15) is 0 Å². The Morgan fingerprint density at radius 1 is 1.42 bits per heavy atom. The zero-order chi connectivity index (χ0) is 14.0. The van der Waals surface area contributed by atoms with Crippen molar-refractivity contribution in [2.45, 2.75) is 46.3 Å². The molecule has 1 aromatic heterocycles. The summed E-state index contributed by atoms with van der Waals surface area (Å²) in [6, 6.07) is 6.14. The molecule has 1 N–H and O–H groups in total. The maximum absolute atomic E-state index is 10.3. The molecule has 2 rings (SSSR count). The lowest BCUT2D eigenvalue weighted by molar-refractivity contribution is 0.0347. The second-order valence-electron chi connectivity index (χ2n) is 6.70. The van der Waals surface area contributed by atoms with Gasteiger partial charge in [-0.15, -0.1) is 0 Å². The molecule has 1 fully saturated rings. The first kappa shape index (κ1) is 14.5. The van der Waals surface area contributed by atoms with Crippen LogP contribution >= 0.6 is 0 Å². The second kappa shape index (κ2) is 5.59. The van der Waals surface area contributed by atoms with E-state index in [-0.39, 0.29) is 11.5 Å². The summed E-state index contributed by atoms with van der Waals surface area (Å²) in [4.78, 5) is 6.81. The Hall–Kier alpha value is -0.930. The summed E-state index contributed by atoms with van der Waals surface area (Å²) < 4.78 is 0. The van der Waals surface area contributed by atoms with Crippen LogP contribution in [0.1, 0.15) is 38.1 Å². The molecular weight excluding hydrogens is 236 g/mol. The topological polar surface area (TPSA) is 36.4 Å². The molecule has 1 saturated carbocycles. The number of aliphatic hydroxyl groups is 1. The first-order chi connectivity index (χ1) is 8.88. The average Bonchev–Trinajstić information content (AvgIpc) is 2.56. The molecule has 3 heteroatoms. The normalized spacial score (nSPS) is 26.0. The lowest BCUT2D eigenvalue weighted by Gasteiger charge is -2.28. The predicted molar refractivity (Wildman–Crippen MR) is 77.8 cm³/mol. The van der Waals surface area contributed by atoms with Crippen molar-refractivity contribution in [3.63, 3.8) is 0 Å². The highest BCUT2D eigenvalue weighted by Gasteiger charge is 2.40. The Morgan fingerprint density at radius 2 is 2.16 bits per heavy atom. The molecule has 106 valence electrons. The minimum Gasteiger partial charge on any atom is -0.392 e. The third-order valence-electron chi connectivity index (χ3n) is 4.33. The van der Waals surface area contributed by atoms with Gasteiger partial charge in [0.25, 0.3) is 0 Å². The number of aliphatic hydroxyl groups excluding tert-OH is 1. The summed E-state index contributed by atoms with van der Waals surface area (Å²) >= 11 is 0. The smallest absolute Gasteiger partial charge is 0.0631 e. The van der Waals surface area contributed by atoms with Crippen molar-refractivity contribution in [1.29, 1.82) is 0 Å². The van der Waals surface area contributed by atoms with Gasteiger partial charge >= 0.3 is 0 Å². The fourth-order valence-corrected chi connectivity index (χ4v) is 3.12. The maximum atomic E-state index is 10.3. The van der Waals surface area contributed by atoms with Crippen molar-refractivity contribution in [3.05, 3.63) is 29.6 Å². The SMILES string of the molecule is Cc1cccc(CN(C)CC2CCC(C)(C)C2O)n1. The number of rotatable bonds is 4. The molecule has 0 spiro atoms. The molecule has 1 heterocycles. The molecule has 1 aliphatic carbocycles. The van der Waals surface area contributed by atoms with Gasteiger partial charge in [-0.3, -0.25) is 4.98 Å². The standard InChI is InChI=1S/C16H26N2O/c1-12-6-5-7-14(17-12)11-18(4)10-13-8-9-16(2,3)15(13)19/h5-7,13,15,19H,8-11H2,1-4H3. The van der Waals surface area contributed by atoms with E-state index in [1.165, 1.54) is 0 Å². The number of aryl methyl sites for hydroxylation is 1. The van der Waals surface area contributed by atoms with Gasteiger partial charge in [-0.25, -0.2) is 0 Å². The van der Waals surface area contributed by atoms with Crippen LogP contribution in [-0.4, -0.2) is 34.7 Å². The van der Waals surface area contributed by atoms with E-state index >= 15 is 0 Å². The van der Waals surface area contributed by atoms with Crippen molar-refractivity contribution in [2.24, 2.45) is 11.3 Å². The molecule has 2 unspecified atom stereocenters. The van der Waals surface area contributed by atoms with Gasteiger partial charge in [0, 0.05) is 18.8 Å². The number of nitrogens with zero attached hydrogens (tertiary/aromatic N) is 2. The fraction of sp³-hybridized carbons (Fsp3) is 0.688. The Kier molecular flexibility index (Phi) is 4.26. The summed E-state index contributed by atoms with van der Waals surface area (Å²) in [5, 5.41) is 10.3. The maximum Gasteiger partial charge on any atom is 0.0631 e. The van der Waals surface area contributed by atoms with Crippen molar-refractivity contribution < 1.29 is 5.11 Å². The number of aromatic nitrogens is 1. The minimum absolute atomic E-state index is 0.0765. The molecule has 2 atom stereocenters. The molecule has 0 aromatic carbocycles. The molecule has 1 aromatic rings. The minimum atomic E-state index is -0.180. The van der Waals surface area contributed by atoms with Crippen LogP contribution in [0.3, 0.4) is 0 Å². The quantitative estimate of drug-likeness (QED) is 0.906. The molecule has 19 heavy (non-hydrogen) atoms. The van der Waals surface area contributed by atoms with Crippen LogP contribution in [-0.2, 0) is 6.54 Å². The third-order valence-corrected chi connectivity index (χ3v) is 4.33. The molecule has 3 nitrogen and oxygen atoms in total. The summed E-state index contributed by atoms with van der Waals surface area (Å²) in [5.74, 6) is 0.393. The van der Waals surface area contributed by atoms with E-state index < -0.39 is 0 Å². The molecular formula is C16H26N2O. The van der Waals surface area contributed by atoms with Crippen molar-refractivity contribution >= 4 is 0 Å². The highest BCUT2D eigenvalue weighted by Crippen LogP contribution is 2.41. The van der Waals surface area contributed by atoms with Gasteiger partial charge < -0.3 is 10.0 Å². The van der Waals surface area contributed by atoms with E-state index in [1.54, 1.807) is 0 Å². The van der Waals surface area contributed by atoms with Gasteiger partial charge in [0.15, 0.2) is 0 Å². The summed E-state index contributed by atoms with van der Waals surface area (Å²) in [5.41, 5.74) is 2.25. The Morgan fingerprint density at radius 3 is 2.74 bits per heavy atom. The Labute approximate surface area is 116 Å². The number of pyridine rings is 1. The summed E-state index contributed by atoms with van der Waals surface area (Å²) in [7, 11) is 2.11. The zero-order valence-corrected chi connectivity index (χ0v) is 12.6. The first-order valence-electron chi connectivity index (χ1n) is 7.17. The second-order valence-corrected chi connectivity index (χ2v) is 6.70. The van der Waals surface area contributed by atoms with E-state index in [0.717, 1.165) is 37.3 Å². The van der Waals surface area contributed by atoms with E-state index in [1.807, 2.05) is 13.0 Å². The van der Waals surface area contributed by atoms with Crippen molar-refractivity contribution in [1.82, 2.24) is 9.88 Å². The fourth-order valence-electron chi connectivity index (χ4n) is 3.12. The van der Waals surface area contributed by atoms with Gasteiger partial charge in [-0.05, 0) is 50.3 Å². The van der Waals surface area contributed by atoms with Crippen LogP contribution in [0.15, 0.2) is 18.2 Å². The lowest BCUT2D eigenvalue weighted by Crippen LogP contribution is -2.34. The van der Waals surface area contributed by atoms with Crippen molar-refractivity contribution in [3.8, 4) is 0 Å². The Bertz CT molecular complexity index is 431. The van der Waals surface area contributed by atoms with Crippen LogP contribution in [0.4, 0.5) is 0 Å². The van der Waals surface area contributed by atoms with Gasteiger partial charge in [-0.2, -0.15) is 0 Å². The van der Waals surface area contributed by atoms with Crippen LogP contribution in [0.25, 0.3) is 0 Å². The Balaban J connectivity index is 1.90. The average molecular weight is 262 g/mol. The highest BCUT2D eigenvalue weighted by molar-refractivity contribution is 5.09. The van der Waals surface area contributed by atoms with E-state index in [2.05, 4.69) is 42.9 Å². The third kappa shape index (κ3) is 3.54.